The van der Waals surface area contributed by atoms with Gasteiger partial charge in [0.25, 0.3) is 0 Å². The third-order valence-electron chi connectivity index (χ3n) is 3.11. The lowest BCUT2D eigenvalue weighted by Gasteiger charge is -2.09. The number of aromatic nitrogens is 2. The Morgan fingerprint density at radius 3 is 2.47 bits per heavy atom. The first-order chi connectivity index (χ1) is 8.90. The van der Waals surface area contributed by atoms with Gasteiger partial charge in [-0.2, -0.15) is 4.98 Å². The molecule has 5 heteroatoms. The predicted molar refractivity (Wildman–Crippen MR) is 71.5 cm³/mol. The molecule has 0 saturated heterocycles. The monoisotopic (exact) mass is 258 g/mol. The second-order valence-corrected chi connectivity index (χ2v) is 4.49. The van der Waals surface area contributed by atoms with Crippen LogP contribution in [0, 0.1) is 20.8 Å². The summed E-state index contributed by atoms with van der Waals surface area (Å²) in [6, 6.07) is 5.49. The molecule has 0 aliphatic heterocycles. The van der Waals surface area contributed by atoms with E-state index in [2.05, 4.69) is 9.97 Å². The van der Waals surface area contributed by atoms with Crippen LogP contribution in [-0.2, 0) is 0 Å². The Hall–Kier alpha value is -2.43. The number of H-pyrrole nitrogens is 1. The summed E-state index contributed by atoms with van der Waals surface area (Å²) in [5.41, 5.74) is 2.75. The minimum atomic E-state index is -1.10. The molecule has 2 aromatic rings. The number of hydrogen-bond acceptors (Lipinski definition) is 3. The molecule has 5 nitrogen and oxygen atoms in total. The number of carboxylic acids is 1. The van der Waals surface area contributed by atoms with Crippen LogP contribution >= 0.6 is 0 Å². The summed E-state index contributed by atoms with van der Waals surface area (Å²) in [6.07, 6.45) is 0. The van der Waals surface area contributed by atoms with Crippen LogP contribution in [0.5, 0.6) is 0 Å². The number of aryl methyl sites for hydroxylation is 3. The lowest BCUT2D eigenvalue weighted by molar-refractivity contribution is 0.0696. The highest BCUT2D eigenvalue weighted by atomic mass is 16.4. The van der Waals surface area contributed by atoms with Crippen molar-refractivity contribution in [3.8, 4) is 11.3 Å². The molecule has 0 spiro atoms. The lowest BCUT2D eigenvalue weighted by Crippen LogP contribution is -2.18. The van der Waals surface area contributed by atoms with Crippen molar-refractivity contribution in [2.75, 3.05) is 0 Å². The fraction of sp³-hybridized carbons (Fsp3) is 0.214. The van der Waals surface area contributed by atoms with E-state index in [9.17, 15) is 14.7 Å². The molecule has 0 radical (unpaired) electrons. The summed E-state index contributed by atoms with van der Waals surface area (Å²) >= 11 is 0. The Labute approximate surface area is 110 Å². The third-order valence-corrected chi connectivity index (χ3v) is 3.11. The highest BCUT2D eigenvalue weighted by Gasteiger charge is 2.18. The van der Waals surface area contributed by atoms with Gasteiger partial charge in [0.2, 0.25) is 0 Å². The molecule has 1 aromatic heterocycles. The van der Waals surface area contributed by atoms with Crippen LogP contribution in [0.15, 0.2) is 23.0 Å². The topological polar surface area (TPSA) is 83.0 Å². The zero-order valence-corrected chi connectivity index (χ0v) is 10.9. The molecule has 1 aromatic carbocycles. The molecule has 0 fully saturated rings. The summed E-state index contributed by atoms with van der Waals surface area (Å²) in [4.78, 5) is 29.0. The number of nitrogens with one attached hydrogen (secondary N) is 1. The maximum Gasteiger partial charge on any atom is 0.345 e. The Kier molecular flexibility index (Phi) is 3.21. The summed E-state index contributed by atoms with van der Waals surface area (Å²) < 4.78 is 0. The van der Waals surface area contributed by atoms with E-state index >= 15 is 0 Å². The van der Waals surface area contributed by atoms with Crippen molar-refractivity contribution < 1.29 is 9.90 Å². The normalized spacial score (nSPS) is 10.5. The van der Waals surface area contributed by atoms with Crippen LogP contribution in [0.25, 0.3) is 11.3 Å². The van der Waals surface area contributed by atoms with E-state index in [1.807, 2.05) is 26.0 Å². The summed E-state index contributed by atoms with van der Waals surface area (Å²) in [6.45, 7) is 5.45. The highest BCUT2D eigenvalue weighted by Crippen LogP contribution is 2.24. The van der Waals surface area contributed by atoms with Crippen molar-refractivity contribution in [2.24, 2.45) is 0 Å². The number of benzene rings is 1. The number of aromatic amines is 1. The third kappa shape index (κ3) is 2.40. The molecular formula is C14H14N2O3. The van der Waals surface area contributed by atoms with Crippen LogP contribution in [0.4, 0.5) is 0 Å². The average molecular weight is 258 g/mol. The van der Waals surface area contributed by atoms with Gasteiger partial charge >= 0.3 is 11.7 Å². The molecule has 0 atom stereocenters. The van der Waals surface area contributed by atoms with E-state index in [0.29, 0.717) is 11.3 Å². The molecule has 2 rings (SSSR count). The van der Waals surface area contributed by atoms with Gasteiger partial charge in [-0.05, 0) is 38.0 Å². The van der Waals surface area contributed by atoms with Gasteiger partial charge in [-0.1, -0.05) is 12.1 Å². The van der Waals surface area contributed by atoms with Crippen molar-refractivity contribution in [3.63, 3.8) is 0 Å². The van der Waals surface area contributed by atoms with E-state index in [1.54, 1.807) is 13.0 Å². The molecule has 0 unspecified atom stereocenters. The number of carboxylic acid groups (broad SMARTS) is 1. The first-order valence-electron chi connectivity index (χ1n) is 5.82. The van der Waals surface area contributed by atoms with Crippen molar-refractivity contribution in [1.29, 1.82) is 0 Å². The standard InChI is InChI=1S/C14H14N2O3/c1-7-4-5-10(6-8(7)2)12-11(13(17)18)9(3)15-14(19)16-12/h4-6H,1-3H3,(H,17,18)(H,15,16,19). The zero-order chi connectivity index (χ0) is 14.2. The van der Waals surface area contributed by atoms with Gasteiger partial charge in [0.1, 0.15) is 5.56 Å². The Morgan fingerprint density at radius 1 is 1.21 bits per heavy atom. The molecule has 0 bridgehead atoms. The Morgan fingerprint density at radius 2 is 1.89 bits per heavy atom. The molecule has 19 heavy (non-hydrogen) atoms. The van der Waals surface area contributed by atoms with Gasteiger partial charge in [-0.15, -0.1) is 0 Å². The van der Waals surface area contributed by atoms with E-state index in [4.69, 9.17) is 0 Å². The number of rotatable bonds is 2. The van der Waals surface area contributed by atoms with Gasteiger partial charge in [0, 0.05) is 11.3 Å². The van der Waals surface area contributed by atoms with Crippen molar-refractivity contribution in [3.05, 3.63) is 51.1 Å². The fourth-order valence-electron chi connectivity index (χ4n) is 1.95. The molecule has 1 heterocycles. The van der Waals surface area contributed by atoms with E-state index in [1.165, 1.54) is 0 Å². The minimum absolute atomic E-state index is 0.0304. The van der Waals surface area contributed by atoms with Crippen LogP contribution in [0.1, 0.15) is 27.2 Å². The highest BCUT2D eigenvalue weighted by molar-refractivity contribution is 5.95. The molecule has 0 aliphatic carbocycles. The number of aromatic carboxylic acids is 1. The van der Waals surface area contributed by atoms with Crippen molar-refractivity contribution in [2.45, 2.75) is 20.8 Å². The van der Waals surface area contributed by atoms with E-state index in [0.717, 1.165) is 11.1 Å². The lowest BCUT2D eigenvalue weighted by atomic mass is 10.0. The number of nitrogens with zero attached hydrogens (tertiary/aromatic N) is 1. The summed E-state index contributed by atoms with van der Waals surface area (Å²) in [7, 11) is 0. The Bertz CT molecular complexity index is 717. The van der Waals surface area contributed by atoms with Gasteiger partial charge in [0.05, 0.1) is 5.69 Å². The zero-order valence-electron chi connectivity index (χ0n) is 10.9. The van der Waals surface area contributed by atoms with Crippen LogP contribution in [-0.4, -0.2) is 21.0 Å². The van der Waals surface area contributed by atoms with E-state index in [-0.39, 0.29) is 11.3 Å². The quantitative estimate of drug-likeness (QED) is 0.863. The largest absolute Gasteiger partial charge is 0.478 e. The van der Waals surface area contributed by atoms with Crippen LogP contribution < -0.4 is 5.69 Å². The molecule has 0 saturated carbocycles. The fourth-order valence-corrected chi connectivity index (χ4v) is 1.95. The van der Waals surface area contributed by atoms with Crippen LogP contribution in [0.3, 0.4) is 0 Å². The number of carbonyl (C=O) groups is 1. The van der Waals surface area contributed by atoms with Crippen molar-refractivity contribution in [1.82, 2.24) is 9.97 Å². The maximum absolute atomic E-state index is 11.5. The van der Waals surface area contributed by atoms with Gasteiger partial charge < -0.3 is 10.1 Å². The smallest absolute Gasteiger partial charge is 0.345 e. The molecule has 98 valence electrons. The minimum Gasteiger partial charge on any atom is -0.478 e. The molecule has 0 aliphatic rings. The van der Waals surface area contributed by atoms with Crippen LogP contribution in [0.2, 0.25) is 0 Å². The SMILES string of the molecule is Cc1ccc(-c2nc(=O)[nH]c(C)c2C(=O)O)cc1C. The molecular weight excluding hydrogens is 244 g/mol. The van der Waals surface area contributed by atoms with Gasteiger partial charge in [-0.3, -0.25) is 0 Å². The molecule has 2 N–H and O–H groups in total. The van der Waals surface area contributed by atoms with Gasteiger partial charge in [0.15, 0.2) is 0 Å². The Balaban J connectivity index is 2.77. The van der Waals surface area contributed by atoms with Gasteiger partial charge in [-0.25, -0.2) is 9.59 Å². The molecule has 0 amide bonds. The predicted octanol–water partition coefficient (Wildman–Crippen LogP) is 2.06. The summed E-state index contributed by atoms with van der Waals surface area (Å²) in [5.74, 6) is -1.10. The second-order valence-electron chi connectivity index (χ2n) is 4.49. The summed E-state index contributed by atoms with van der Waals surface area (Å²) in [5, 5.41) is 9.26. The second kappa shape index (κ2) is 4.68. The average Bonchev–Trinajstić information content (AvgIpc) is 2.31. The van der Waals surface area contributed by atoms with Crippen molar-refractivity contribution >= 4 is 5.97 Å². The maximum atomic E-state index is 11.5. The first kappa shape index (κ1) is 13.0. The number of hydrogen-bond donors (Lipinski definition) is 2. The first-order valence-corrected chi connectivity index (χ1v) is 5.82. The van der Waals surface area contributed by atoms with E-state index < -0.39 is 11.7 Å².